The zero-order chi connectivity index (χ0) is 16.9. The quantitative estimate of drug-likeness (QED) is 0.839. The Morgan fingerprint density at radius 2 is 2.21 bits per heavy atom. The van der Waals surface area contributed by atoms with Crippen molar-refractivity contribution in [2.45, 2.75) is 31.8 Å². The topological polar surface area (TPSA) is 62.2 Å². The van der Waals surface area contributed by atoms with Gasteiger partial charge in [0.15, 0.2) is 5.82 Å². The summed E-state index contributed by atoms with van der Waals surface area (Å²) < 4.78 is 0. The highest BCUT2D eigenvalue weighted by Gasteiger charge is 2.31. The van der Waals surface area contributed by atoms with Crippen molar-refractivity contribution in [3.63, 3.8) is 0 Å². The number of pyridine rings is 1. The normalized spacial score (nSPS) is 17.5. The SMILES string of the molecule is CN(C)Cc1ccnc([C@H]2CCCN2C(=O)Cc2cccnc2)n1. The minimum Gasteiger partial charge on any atom is -0.332 e. The van der Waals surface area contributed by atoms with Crippen LogP contribution in [0.3, 0.4) is 0 Å². The van der Waals surface area contributed by atoms with Gasteiger partial charge in [-0.2, -0.15) is 0 Å². The van der Waals surface area contributed by atoms with Crippen LogP contribution in [0, 0.1) is 0 Å². The molecule has 3 heterocycles. The van der Waals surface area contributed by atoms with Crippen LogP contribution in [0.1, 0.15) is 36.0 Å². The second kappa shape index (κ2) is 7.49. The molecule has 0 saturated carbocycles. The summed E-state index contributed by atoms with van der Waals surface area (Å²) >= 11 is 0. The first-order valence-corrected chi connectivity index (χ1v) is 8.28. The fourth-order valence-electron chi connectivity index (χ4n) is 3.10. The number of hydrogen-bond donors (Lipinski definition) is 0. The lowest BCUT2D eigenvalue weighted by molar-refractivity contribution is -0.131. The first-order chi connectivity index (χ1) is 11.6. The van der Waals surface area contributed by atoms with E-state index in [-0.39, 0.29) is 11.9 Å². The summed E-state index contributed by atoms with van der Waals surface area (Å²) in [6, 6.07) is 5.71. The Hall–Kier alpha value is -2.34. The maximum absolute atomic E-state index is 12.7. The summed E-state index contributed by atoms with van der Waals surface area (Å²) in [5.74, 6) is 0.874. The Morgan fingerprint density at radius 1 is 1.33 bits per heavy atom. The molecule has 6 nitrogen and oxygen atoms in total. The Bertz CT molecular complexity index is 689. The number of amides is 1. The van der Waals surface area contributed by atoms with Gasteiger partial charge < -0.3 is 9.80 Å². The fourth-order valence-corrected chi connectivity index (χ4v) is 3.10. The number of hydrogen-bond acceptors (Lipinski definition) is 5. The van der Waals surface area contributed by atoms with Crippen LogP contribution in [-0.4, -0.2) is 51.3 Å². The van der Waals surface area contributed by atoms with Crippen molar-refractivity contribution in [3.8, 4) is 0 Å². The largest absolute Gasteiger partial charge is 0.332 e. The van der Waals surface area contributed by atoms with Crippen LogP contribution < -0.4 is 0 Å². The van der Waals surface area contributed by atoms with Crippen LogP contribution in [0.4, 0.5) is 0 Å². The highest BCUT2D eigenvalue weighted by atomic mass is 16.2. The van der Waals surface area contributed by atoms with Crippen molar-refractivity contribution in [1.29, 1.82) is 0 Å². The van der Waals surface area contributed by atoms with E-state index in [0.717, 1.165) is 43.0 Å². The van der Waals surface area contributed by atoms with Crippen LogP contribution in [0.15, 0.2) is 36.8 Å². The van der Waals surface area contributed by atoms with Gasteiger partial charge >= 0.3 is 0 Å². The second-order valence-electron chi connectivity index (χ2n) is 6.43. The van der Waals surface area contributed by atoms with Gasteiger partial charge in [0.1, 0.15) is 0 Å². The van der Waals surface area contributed by atoms with Crippen molar-refractivity contribution in [1.82, 2.24) is 24.8 Å². The highest BCUT2D eigenvalue weighted by Crippen LogP contribution is 2.30. The van der Waals surface area contributed by atoms with Crippen LogP contribution in [0.2, 0.25) is 0 Å². The molecule has 24 heavy (non-hydrogen) atoms. The molecule has 2 aromatic rings. The van der Waals surface area contributed by atoms with E-state index in [4.69, 9.17) is 0 Å². The van der Waals surface area contributed by atoms with E-state index in [1.54, 1.807) is 18.6 Å². The molecule has 0 aliphatic carbocycles. The van der Waals surface area contributed by atoms with E-state index in [9.17, 15) is 4.79 Å². The van der Waals surface area contributed by atoms with Crippen LogP contribution in [0.25, 0.3) is 0 Å². The van der Waals surface area contributed by atoms with Crippen molar-refractivity contribution in [2.24, 2.45) is 0 Å². The first kappa shape index (κ1) is 16.5. The van der Waals surface area contributed by atoms with E-state index >= 15 is 0 Å². The zero-order valence-corrected chi connectivity index (χ0v) is 14.2. The lowest BCUT2D eigenvalue weighted by Crippen LogP contribution is -2.32. The van der Waals surface area contributed by atoms with Crippen molar-refractivity contribution in [2.75, 3.05) is 20.6 Å². The number of likely N-dealkylation sites (tertiary alicyclic amines) is 1. The molecular formula is C18H23N5O. The molecule has 126 valence electrons. The smallest absolute Gasteiger partial charge is 0.227 e. The van der Waals surface area contributed by atoms with Crippen molar-refractivity contribution >= 4 is 5.91 Å². The van der Waals surface area contributed by atoms with Gasteiger partial charge in [-0.1, -0.05) is 6.07 Å². The molecule has 1 atom stereocenters. The first-order valence-electron chi connectivity index (χ1n) is 8.28. The van der Waals surface area contributed by atoms with E-state index in [0.29, 0.717) is 6.42 Å². The third-order valence-electron chi connectivity index (χ3n) is 4.16. The van der Waals surface area contributed by atoms with Gasteiger partial charge in [0.25, 0.3) is 0 Å². The average molecular weight is 325 g/mol. The third kappa shape index (κ3) is 3.94. The predicted octanol–water partition coefficient (Wildman–Crippen LogP) is 1.84. The molecule has 0 aromatic carbocycles. The molecule has 3 rings (SSSR count). The summed E-state index contributed by atoms with van der Waals surface area (Å²) in [5.41, 5.74) is 1.92. The van der Waals surface area contributed by atoms with Gasteiger partial charge in [0, 0.05) is 31.7 Å². The number of carbonyl (C=O) groups excluding carboxylic acids is 1. The minimum absolute atomic E-state index is 0.0173. The molecule has 0 unspecified atom stereocenters. The second-order valence-corrected chi connectivity index (χ2v) is 6.43. The number of aromatic nitrogens is 3. The van der Waals surface area contributed by atoms with Crippen molar-refractivity contribution < 1.29 is 4.79 Å². The number of nitrogens with zero attached hydrogens (tertiary/aromatic N) is 5. The molecule has 0 bridgehead atoms. The molecule has 1 amide bonds. The van der Waals surface area contributed by atoms with Crippen molar-refractivity contribution in [3.05, 3.63) is 53.9 Å². The number of rotatable bonds is 5. The summed E-state index contributed by atoms with van der Waals surface area (Å²) in [6.45, 7) is 1.54. The zero-order valence-electron chi connectivity index (χ0n) is 14.2. The molecule has 2 aromatic heterocycles. The average Bonchev–Trinajstić information content (AvgIpc) is 3.05. The molecular weight excluding hydrogens is 302 g/mol. The van der Waals surface area contributed by atoms with Gasteiger partial charge in [-0.3, -0.25) is 9.78 Å². The van der Waals surface area contributed by atoms with Crippen LogP contribution >= 0.6 is 0 Å². The monoisotopic (exact) mass is 325 g/mol. The van der Waals surface area contributed by atoms with Gasteiger partial charge in [0.2, 0.25) is 5.91 Å². The summed E-state index contributed by atoms with van der Waals surface area (Å²) in [6.07, 6.45) is 7.55. The summed E-state index contributed by atoms with van der Waals surface area (Å²) in [4.78, 5) is 29.9. The molecule has 6 heteroatoms. The lowest BCUT2D eigenvalue weighted by Gasteiger charge is -2.24. The maximum atomic E-state index is 12.7. The van der Waals surface area contributed by atoms with Crippen LogP contribution in [-0.2, 0) is 17.8 Å². The van der Waals surface area contributed by atoms with Gasteiger partial charge in [-0.15, -0.1) is 0 Å². The Labute approximate surface area is 142 Å². The molecule has 0 N–H and O–H groups in total. The highest BCUT2D eigenvalue weighted by molar-refractivity contribution is 5.79. The van der Waals surface area contributed by atoms with E-state index < -0.39 is 0 Å². The molecule has 0 spiro atoms. The Kier molecular flexibility index (Phi) is 5.15. The number of carbonyl (C=O) groups is 1. The van der Waals surface area contributed by atoms with Gasteiger partial charge in [-0.05, 0) is 44.6 Å². The predicted molar refractivity (Wildman–Crippen MR) is 91.1 cm³/mol. The summed E-state index contributed by atoms with van der Waals surface area (Å²) in [7, 11) is 4.03. The molecule has 1 aliphatic heterocycles. The maximum Gasteiger partial charge on any atom is 0.227 e. The third-order valence-corrected chi connectivity index (χ3v) is 4.16. The standard InChI is InChI=1S/C18H23N5O/c1-22(2)13-15-7-9-20-18(21-15)16-6-4-10-23(16)17(24)11-14-5-3-8-19-12-14/h3,5,7-9,12,16H,4,6,10-11,13H2,1-2H3/t16-/m1/s1. The Balaban J connectivity index is 1.74. The van der Waals surface area contributed by atoms with E-state index in [1.165, 1.54) is 0 Å². The van der Waals surface area contributed by atoms with E-state index in [2.05, 4.69) is 19.9 Å². The molecule has 1 fully saturated rings. The minimum atomic E-state index is -0.0173. The molecule has 1 aliphatic rings. The van der Waals surface area contributed by atoms with Gasteiger partial charge in [0.05, 0.1) is 18.2 Å². The summed E-state index contributed by atoms with van der Waals surface area (Å²) in [5, 5.41) is 0. The lowest BCUT2D eigenvalue weighted by atomic mass is 10.1. The van der Waals surface area contributed by atoms with Crippen LogP contribution in [0.5, 0.6) is 0 Å². The molecule has 1 saturated heterocycles. The van der Waals surface area contributed by atoms with Gasteiger partial charge in [-0.25, -0.2) is 9.97 Å². The Morgan fingerprint density at radius 3 is 2.96 bits per heavy atom. The molecule has 0 radical (unpaired) electrons. The van der Waals surface area contributed by atoms with E-state index in [1.807, 2.05) is 37.2 Å². The fraction of sp³-hybridized carbons (Fsp3) is 0.444.